The van der Waals surface area contributed by atoms with Crippen molar-refractivity contribution in [1.29, 1.82) is 0 Å². The molecule has 3 nitrogen and oxygen atoms in total. The molecule has 0 aliphatic heterocycles. The smallest absolute Gasteiger partial charge is 0.254 e. The van der Waals surface area contributed by atoms with Gasteiger partial charge in [0.05, 0.1) is 16.8 Å². The molecular formula is C12H10F2N2OS. The number of nitrogens with zero attached hydrogens (tertiary/aromatic N) is 1. The molecule has 94 valence electrons. The zero-order chi connectivity index (χ0) is 13.0. The maximum Gasteiger partial charge on any atom is 0.254 e. The van der Waals surface area contributed by atoms with Crippen LogP contribution in [-0.2, 0) is 6.42 Å². The Balaban J connectivity index is 1.91. The van der Waals surface area contributed by atoms with Gasteiger partial charge in [-0.25, -0.2) is 13.8 Å². The van der Waals surface area contributed by atoms with Crippen molar-refractivity contribution in [1.82, 2.24) is 10.3 Å². The molecule has 18 heavy (non-hydrogen) atoms. The van der Waals surface area contributed by atoms with E-state index in [1.165, 1.54) is 11.3 Å². The summed E-state index contributed by atoms with van der Waals surface area (Å²) in [5, 5.41) is 4.44. The van der Waals surface area contributed by atoms with Crippen LogP contribution in [0.15, 0.2) is 29.1 Å². The lowest BCUT2D eigenvalue weighted by Crippen LogP contribution is -2.26. The SMILES string of the molecule is O=C(NCCc1cscn1)c1ccc(F)cc1F. The van der Waals surface area contributed by atoms with E-state index >= 15 is 0 Å². The molecule has 0 radical (unpaired) electrons. The van der Waals surface area contributed by atoms with Crippen LogP contribution in [0.1, 0.15) is 16.1 Å². The van der Waals surface area contributed by atoms with Crippen LogP contribution in [0.25, 0.3) is 0 Å². The van der Waals surface area contributed by atoms with Crippen LogP contribution in [0.3, 0.4) is 0 Å². The largest absolute Gasteiger partial charge is 0.352 e. The number of carbonyl (C=O) groups is 1. The Morgan fingerprint density at radius 3 is 2.89 bits per heavy atom. The van der Waals surface area contributed by atoms with Gasteiger partial charge in [0.2, 0.25) is 0 Å². The average molecular weight is 268 g/mol. The molecular weight excluding hydrogens is 258 g/mol. The highest BCUT2D eigenvalue weighted by Gasteiger charge is 2.11. The van der Waals surface area contributed by atoms with Crippen molar-refractivity contribution in [2.75, 3.05) is 6.54 Å². The van der Waals surface area contributed by atoms with Gasteiger partial charge in [0.1, 0.15) is 11.6 Å². The standard InChI is InChI=1S/C12H10F2N2OS/c13-8-1-2-10(11(14)5-8)12(17)15-4-3-9-6-18-7-16-9/h1-2,5-7H,3-4H2,(H,15,17). The lowest BCUT2D eigenvalue weighted by Gasteiger charge is -2.05. The minimum absolute atomic E-state index is 0.158. The number of rotatable bonds is 4. The quantitative estimate of drug-likeness (QED) is 0.925. The number of amides is 1. The Labute approximate surface area is 106 Å². The molecule has 0 saturated carbocycles. The van der Waals surface area contributed by atoms with Crippen molar-refractivity contribution in [2.24, 2.45) is 0 Å². The highest BCUT2D eigenvalue weighted by Crippen LogP contribution is 2.09. The van der Waals surface area contributed by atoms with Crippen LogP contribution in [0.2, 0.25) is 0 Å². The van der Waals surface area contributed by atoms with Crippen molar-refractivity contribution in [3.63, 3.8) is 0 Å². The minimum Gasteiger partial charge on any atom is -0.352 e. The van der Waals surface area contributed by atoms with E-state index in [1.54, 1.807) is 5.51 Å². The van der Waals surface area contributed by atoms with E-state index in [2.05, 4.69) is 10.3 Å². The van der Waals surface area contributed by atoms with Gasteiger partial charge in [0.25, 0.3) is 5.91 Å². The van der Waals surface area contributed by atoms with E-state index in [9.17, 15) is 13.6 Å². The van der Waals surface area contributed by atoms with Gasteiger partial charge in [-0.3, -0.25) is 4.79 Å². The van der Waals surface area contributed by atoms with Gasteiger partial charge in [0.15, 0.2) is 0 Å². The fourth-order valence-corrected chi connectivity index (χ4v) is 2.03. The molecule has 0 unspecified atom stereocenters. The zero-order valence-electron chi connectivity index (χ0n) is 9.32. The molecule has 1 N–H and O–H groups in total. The van der Waals surface area contributed by atoms with Gasteiger partial charge in [-0.1, -0.05) is 0 Å². The topological polar surface area (TPSA) is 42.0 Å². The zero-order valence-corrected chi connectivity index (χ0v) is 10.1. The number of thiazole rings is 1. The molecule has 0 spiro atoms. The molecule has 1 aromatic heterocycles. The number of aromatic nitrogens is 1. The predicted octanol–water partition coefficient (Wildman–Crippen LogP) is 2.39. The van der Waals surface area contributed by atoms with Gasteiger partial charge in [-0.15, -0.1) is 11.3 Å². The van der Waals surface area contributed by atoms with Gasteiger partial charge in [-0.05, 0) is 12.1 Å². The van der Waals surface area contributed by atoms with Crippen LogP contribution in [-0.4, -0.2) is 17.4 Å². The Morgan fingerprint density at radius 2 is 2.22 bits per heavy atom. The summed E-state index contributed by atoms with van der Waals surface area (Å²) in [6.45, 7) is 0.360. The predicted molar refractivity (Wildman–Crippen MR) is 64.5 cm³/mol. The summed E-state index contributed by atoms with van der Waals surface area (Å²) >= 11 is 1.47. The van der Waals surface area contributed by atoms with Crippen molar-refractivity contribution in [3.8, 4) is 0 Å². The second-order valence-corrected chi connectivity index (χ2v) is 4.33. The van der Waals surface area contributed by atoms with E-state index in [4.69, 9.17) is 0 Å². The van der Waals surface area contributed by atoms with E-state index in [0.717, 1.165) is 17.8 Å². The molecule has 6 heteroatoms. The van der Waals surface area contributed by atoms with Crippen molar-refractivity contribution >= 4 is 17.2 Å². The van der Waals surface area contributed by atoms with E-state index in [-0.39, 0.29) is 5.56 Å². The first kappa shape index (κ1) is 12.6. The summed E-state index contributed by atoms with van der Waals surface area (Å²) in [5.41, 5.74) is 2.42. The first-order valence-corrected chi connectivity index (χ1v) is 6.21. The molecule has 0 fully saturated rings. The van der Waals surface area contributed by atoms with Gasteiger partial charge in [0, 0.05) is 24.4 Å². The van der Waals surface area contributed by atoms with Crippen LogP contribution in [0, 0.1) is 11.6 Å². The van der Waals surface area contributed by atoms with Gasteiger partial charge in [-0.2, -0.15) is 0 Å². The average Bonchev–Trinajstić information content (AvgIpc) is 2.81. The molecule has 1 amide bonds. The summed E-state index contributed by atoms with van der Waals surface area (Å²) in [6.07, 6.45) is 0.581. The van der Waals surface area contributed by atoms with E-state index < -0.39 is 17.5 Å². The van der Waals surface area contributed by atoms with Crippen LogP contribution >= 0.6 is 11.3 Å². The Hall–Kier alpha value is -1.82. The molecule has 2 rings (SSSR count). The molecule has 1 heterocycles. The second-order valence-electron chi connectivity index (χ2n) is 3.61. The normalized spacial score (nSPS) is 10.3. The lowest BCUT2D eigenvalue weighted by atomic mass is 10.2. The molecule has 1 aromatic carbocycles. The summed E-state index contributed by atoms with van der Waals surface area (Å²) in [4.78, 5) is 15.7. The van der Waals surface area contributed by atoms with E-state index in [1.807, 2.05) is 5.38 Å². The first-order valence-electron chi connectivity index (χ1n) is 5.27. The number of nitrogens with one attached hydrogen (secondary N) is 1. The maximum atomic E-state index is 13.3. The summed E-state index contributed by atoms with van der Waals surface area (Å²) < 4.78 is 26.0. The molecule has 0 aliphatic carbocycles. The highest BCUT2D eigenvalue weighted by atomic mass is 32.1. The maximum absolute atomic E-state index is 13.3. The molecule has 2 aromatic rings. The van der Waals surface area contributed by atoms with Crippen molar-refractivity contribution in [3.05, 3.63) is 52.0 Å². The van der Waals surface area contributed by atoms with Crippen molar-refractivity contribution < 1.29 is 13.6 Å². The summed E-state index contributed by atoms with van der Waals surface area (Å²) in [7, 11) is 0. The third-order valence-electron chi connectivity index (χ3n) is 2.33. The van der Waals surface area contributed by atoms with Crippen LogP contribution in [0.4, 0.5) is 8.78 Å². The summed E-state index contributed by atoms with van der Waals surface area (Å²) in [5.74, 6) is -2.12. The first-order chi connectivity index (χ1) is 8.66. The summed E-state index contributed by atoms with van der Waals surface area (Å²) in [6, 6.07) is 2.87. The Kier molecular flexibility index (Phi) is 3.99. The monoisotopic (exact) mass is 268 g/mol. The Bertz CT molecular complexity index is 543. The van der Waals surface area contributed by atoms with Gasteiger partial charge >= 0.3 is 0 Å². The fraction of sp³-hybridized carbons (Fsp3) is 0.167. The molecule has 0 bridgehead atoms. The number of carbonyl (C=O) groups excluding carboxylic acids is 1. The van der Waals surface area contributed by atoms with E-state index in [0.29, 0.717) is 19.0 Å². The minimum atomic E-state index is -0.860. The van der Waals surface area contributed by atoms with Crippen LogP contribution < -0.4 is 5.32 Å². The highest BCUT2D eigenvalue weighted by molar-refractivity contribution is 7.07. The number of hydrogen-bond donors (Lipinski definition) is 1. The lowest BCUT2D eigenvalue weighted by molar-refractivity contribution is 0.0950. The number of benzene rings is 1. The fourth-order valence-electron chi connectivity index (χ4n) is 1.43. The van der Waals surface area contributed by atoms with Gasteiger partial charge < -0.3 is 5.32 Å². The third-order valence-corrected chi connectivity index (χ3v) is 2.96. The molecule has 0 aliphatic rings. The Morgan fingerprint density at radius 1 is 1.39 bits per heavy atom. The molecule has 0 saturated heterocycles. The second kappa shape index (κ2) is 5.68. The van der Waals surface area contributed by atoms with Crippen molar-refractivity contribution in [2.45, 2.75) is 6.42 Å². The van der Waals surface area contributed by atoms with Crippen LogP contribution in [0.5, 0.6) is 0 Å². The number of halogens is 2. The third kappa shape index (κ3) is 3.10. The molecule has 0 atom stereocenters. The number of hydrogen-bond acceptors (Lipinski definition) is 3.